The lowest BCUT2D eigenvalue weighted by atomic mass is 10.0. The molecular weight excluding hydrogens is 250 g/mol. The Morgan fingerprint density at radius 1 is 1.20 bits per heavy atom. The molecule has 3 nitrogen and oxygen atoms in total. The number of rotatable bonds is 3. The number of phenols is 1. The number of hydrogen-bond acceptors (Lipinski definition) is 2. The Balaban J connectivity index is 2.19. The molecule has 0 bridgehead atoms. The highest BCUT2D eigenvalue weighted by molar-refractivity contribution is 5.84. The van der Waals surface area contributed by atoms with Crippen LogP contribution in [0, 0.1) is 16.7 Å². The number of nitrogens with zero attached hydrogens (tertiary/aromatic N) is 1. The number of amides is 1. The smallest absolute Gasteiger partial charge is 0.227 e. The molecule has 3 heteroatoms. The second-order valence-corrected chi connectivity index (χ2v) is 7.06. The highest BCUT2D eigenvalue weighted by Gasteiger charge is 2.68. The zero-order chi connectivity index (χ0) is 15.3. The monoisotopic (exact) mass is 275 g/mol. The van der Waals surface area contributed by atoms with Gasteiger partial charge in [-0.3, -0.25) is 4.79 Å². The summed E-state index contributed by atoms with van der Waals surface area (Å²) in [5.74, 6) is 0.457. The predicted octanol–water partition coefficient (Wildman–Crippen LogP) is 3.59. The standard InChI is InChI=1S/C17H25NO2/c1-11(12-9-7-8-10-13(12)19)18(6)15(20)14-16(2,3)17(14,4)5/h7-11,14,19H,1-6H3. The zero-order valence-electron chi connectivity index (χ0n) is 13.3. The van der Waals surface area contributed by atoms with Gasteiger partial charge in [0.15, 0.2) is 0 Å². The van der Waals surface area contributed by atoms with E-state index < -0.39 is 0 Å². The predicted molar refractivity (Wildman–Crippen MR) is 80.3 cm³/mol. The van der Waals surface area contributed by atoms with Crippen LogP contribution in [-0.2, 0) is 4.79 Å². The van der Waals surface area contributed by atoms with E-state index in [2.05, 4.69) is 27.7 Å². The molecule has 20 heavy (non-hydrogen) atoms. The van der Waals surface area contributed by atoms with Crippen LogP contribution in [-0.4, -0.2) is 23.0 Å². The van der Waals surface area contributed by atoms with Crippen LogP contribution in [0.1, 0.15) is 46.2 Å². The molecule has 1 N–H and O–H groups in total. The fourth-order valence-corrected chi connectivity index (χ4v) is 3.26. The molecule has 0 radical (unpaired) electrons. The lowest BCUT2D eigenvalue weighted by molar-refractivity contribution is -0.134. The maximum atomic E-state index is 12.7. The van der Waals surface area contributed by atoms with Gasteiger partial charge in [-0.1, -0.05) is 45.9 Å². The molecule has 1 amide bonds. The molecule has 1 aliphatic rings. The van der Waals surface area contributed by atoms with Crippen LogP contribution < -0.4 is 0 Å². The van der Waals surface area contributed by atoms with Crippen LogP contribution >= 0.6 is 0 Å². The third kappa shape index (κ3) is 2.00. The number of aromatic hydroxyl groups is 1. The van der Waals surface area contributed by atoms with Crippen LogP contribution in [0.5, 0.6) is 5.75 Å². The summed E-state index contributed by atoms with van der Waals surface area (Å²) in [4.78, 5) is 14.5. The molecule has 1 saturated carbocycles. The van der Waals surface area contributed by atoms with Crippen LogP contribution in [0.25, 0.3) is 0 Å². The van der Waals surface area contributed by atoms with Crippen LogP contribution in [0.15, 0.2) is 24.3 Å². The van der Waals surface area contributed by atoms with Gasteiger partial charge in [0.2, 0.25) is 5.91 Å². The molecule has 0 aromatic heterocycles. The third-order valence-electron chi connectivity index (χ3n) is 5.58. The second-order valence-electron chi connectivity index (χ2n) is 7.06. The Morgan fingerprint density at radius 3 is 2.15 bits per heavy atom. The molecule has 1 aromatic carbocycles. The van der Waals surface area contributed by atoms with Crippen LogP contribution in [0.2, 0.25) is 0 Å². The maximum Gasteiger partial charge on any atom is 0.227 e. The number of carbonyl (C=O) groups is 1. The van der Waals surface area contributed by atoms with E-state index in [0.717, 1.165) is 5.56 Å². The van der Waals surface area contributed by atoms with Gasteiger partial charge in [0, 0.05) is 18.5 Å². The normalized spacial score (nSPS) is 21.3. The highest BCUT2D eigenvalue weighted by Crippen LogP contribution is 2.69. The van der Waals surface area contributed by atoms with Gasteiger partial charge >= 0.3 is 0 Å². The van der Waals surface area contributed by atoms with Gasteiger partial charge in [-0.15, -0.1) is 0 Å². The molecule has 1 aliphatic carbocycles. The Kier molecular flexibility index (Phi) is 3.35. The summed E-state index contributed by atoms with van der Waals surface area (Å²) in [6.07, 6.45) is 0. The second kappa shape index (κ2) is 4.51. The quantitative estimate of drug-likeness (QED) is 0.915. The van der Waals surface area contributed by atoms with E-state index in [1.54, 1.807) is 17.0 Å². The lowest BCUT2D eigenvalue weighted by Gasteiger charge is -2.27. The van der Waals surface area contributed by atoms with Crippen molar-refractivity contribution in [1.29, 1.82) is 0 Å². The summed E-state index contributed by atoms with van der Waals surface area (Å²) in [6.45, 7) is 10.5. The minimum absolute atomic E-state index is 0.0385. The fraction of sp³-hybridized carbons (Fsp3) is 0.588. The summed E-state index contributed by atoms with van der Waals surface area (Å²) < 4.78 is 0. The van der Waals surface area contributed by atoms with Gasteiger partial charge in [0.05, 0.1) is 6.04 Å². The van der Waals surface area contributed by atoms with E-state index in [0.29, 0.717) is 0 Å². The van der Waals surface area contributed by atoms with Crippen molar-refractivity contribution in [3.63, 3.8) is 0 Å². The van der Waals surface area contributed by atoms with Gasteiger partial charge < -0.3 is 10.0 Å². The van der Waals surface area contributed by atoms with Gasteiger partial charge in [-0.05, 0) is 23.8 Å². The third-order valence-corrected chi connectivity index (χ3v) is 5.58. The number of phenolic OH excluding ortho intramolecular Hbond substituents is 1. The molecule has 0 spiro atoms. The van der Waals surface area contributed by atoms with E-state index >= 15 is 0 Å². The van der Waals surface area contributed by atoms with Crippen molar-refractivity contribution in [1.82, 2.24) is 4.90 Å². The summed E-state index contributed by atoms with van der Waals surface area (Å²) in [5, 5.41) is 9.93. The first kappa shape index (κ1) is 14.9. The molecule has 1 fully saturated rings. The first-order chi connectivity index (χ1) is 9.12. The van der Waals surface area contributed by atoms with Crippen molar-refractivity contribution >= 4 is 5.91 Å². The fourth-order valence-electron chi connectivity index (χ4n) is 3.26. The van der Waals surface area contributed by atoms with Crippen molar-refractivity contribution in [3.8, 4) is 5.75 Å². The molecule has 110 valence electrons. The number of hydrogen-bond donors (Lipinski definition) is 1. The van der Waals surface area contributed by atoms with Gasteiger partial charge in [0.25, 0.3) is 0 Å². The van der Waals surface area contributed by atoms with E-state index in [-0.39, 0.29) is 34.4 Å². The van der Waals surface area contributed by atoms with Crippen molar-refractivity contribution < 1.29 is 9.90 Å². The Morgan fingerprint density at radius 2 is 1.70 bits per heavy atom. The van der Waals surface area contributed by atoms with E-state index in [1.165, 1.54) is 0 Å². The molecule has 0 heterocycles. The average Bonchev–Trinajstić information content (AvgIpc) is 2.78. The van der Waals surface area contributed by atoms with Crippen LogP contribution in [0.4, 0.5) is 0 Å². The van der Waals surface area contributed by atoms with Crippen molar-refractivity contribution in [2.75, 3.05) is 7.05 Å². The molecule has 1 atom stereocenters. The van der Waals surface area contributed by atoms with E-state index in [1.807, 2.05) is 26.1 Å². The van der Waals surface area contributed by atoms with Crippen molar-refractivity contribution in [2.45, 2.75) is 40.7 Å². The molecule has 1 aromatic rings. The molecule has 0 saturated heterocycles. The summed E-state index contributed by atoms with van der Waals surface area (Å²) in [5.41, 5.74) is 0.868. The Labute approximate surface area is 121 Å². The SMILES string of the molecule is CC(c1ccccc1O)N(C)C(=O)C1C(C)(C)C1(C)C. The lowest BCUT2D eigenvalue weighted by Crippen LogP contribution is -2.32. The first-order valence-electron chi connectivity index (χ1n) is 7.17. The topological polar surface area (TPSA) is 40.5 Å². The van der Waals surface area contributed by atoms with Crippen molar-refractivity contribution in [3.05, 3.63) is 29.8 Å². The number of benzene rings is 1. The first-order valence-corrected chi connectivity index (χ1v) is 7.17. The maximum absolute atomic E-state index is 12.7. The summed E-state index contributed by atoms with van der Waals surface area (Å²) >= 11 is 0. The van der Waals surface area contributed by atoms with Crippen molar-refractivity contribution in [2.24, 2.45) is 16.7 Å². The van der Waals surface area contributed by atoms with Crippen LogP contribution in [0.3, 0.4) is 0 Å². The molecule has 1 unspecified atom stereocenters. The summed E-state index contributed by atoms with van der Waals surface area (Å²) in [6, 6.07) is 7.08. The van der Waals surface area contributed by atoms with E-state index in [4.69, 9.17) is 0 Å². The Hall–Kier alpha value is -1.51. The van der Waals surface area contributed by atoms with Gasteiger partial charge in [0.1, 0.15) is 5.75 Å². The molecular formula is C17H25NO2. The van der Waals surface area contributed by atoms with E-state index in [9.17, 15) is 9.90 Å². The average molecular weight is 275 g/mol. The highest BCUT2D eigenvalue weighted by atomic mass is 16.3. The minimum Gasteiger partial charge on any atom is -0.508 e. The number of para-hydroxylation sites is 1. The van der Waals surface area contributed by atoms with Gasteiger partial charge in [-0.25, -0.2) is 0 Å². The molecule has 2 rings (SSSR count). The molecule has 0 aliphatic heterocycles. The summed E-state index contributed by atoms with van der Waals surface area (Å²) in [7, 11) is 1.82. The minimum atomic E-state index is -0.129. The largest absolute Gasteiger partial charge is 0.508 e. The zero-order valence-corrected chi connectivity index (χ0v) is 13.3. The number of carbonyl (C=O) groups excluding carboxylic acids is 1. The Bertz CT molecular complexity index is 520. The van der Waals surface area contributed by atoms with Gasteiger partial charge in [-0.2, -0.15) is 0 Å².